The number of H-pyrrole nitrogens is 1. The highest BCUT2D eigenvalue weighted by molar-refractivity contribution is 5.90. The van der Waals surface area contributed by atoms with Crippen LogP contribution in [0.2, 0.25) is 0 Å². The molecular weight excluding hydrogens is 202 g/mol. The molecule has 2 rings (SSSR count). The average molecular weight is 221 g/mol. The number of nitrogens with one attached hydrogen (secondary N) is 2. The van der Waals surface area contributed by atoms with Crippen LogP contribution >= 0.6 is 0 Å². The van der Waals surface area contributed by atoms with Crippen molar-refractivity contribution in [2.24, 2.45) is 5.92 Å². The first kappa shape index (κ1) is 11.2. The fourth-order valence-corrected chi connectivity index (χ4v) is 2.35. The summed E-state index contributed by atoms with van der Waals surface area (Å²) in [6.07, 6.45) is 8.28. The van der Waals surface area contributed by atoms with Gasteiger partial charge in [-0.05, 0) is 25.2 Å². The Hall–Kier alpha value is -1.32. The second-order valence-corrected chi connectivity index (χ2v) is 4.53. The lowest BCUT2D eigenvalue weighted by Crippen LogP contribution is -2.16. The van der Waals surface area contributed by atoms with Gasteiger partial charge in [0, 0.05) is 12.0 Å². The summed E-state index contributed by atoms with van der Waals surface area (Å²) in [6.45, 7) is 2.05. The van der Waals surface area contributed by atoms with Crippen LogP contribution in [0.4, 0.5) is 5.82 Å². The molecule has 1 heterocycles. The lowest BCUT2D eigenvalue weighted by Gasteiger charge is -2.09. The molecule has 1 aliphatic rings. The van der Waals surface area contributed by atoms with Crippen molar-refractivity contribution < 1.29 is 4.79 Å². The molecule has 1 fully saturated rings. The Morgan fingerprint density at radius 2 is 2.31 bits per heavy atom. The van der Waals surface area contributed by atoms with Crippen LogP contribution in [0.15, 0.2) is 6.20 Å². The van der Waals surface area contributed by atoms with E-state index in [4.69, 9.17) is 0 Å². The normalized spacial score (nSPS) is 16.6. The van der Waals surface area contributed by atoms with E-state index in [2.05, 4.69) is 22.4 Å². The summed E-state index contributed by atoms with van der Waals surface area (Å²) in [6, 6.07) is 0. The minimum absolute atomic E-state index is 0.117. The van der Waals surface area contributed by atoms with E-state index in [9.17, 15) is 4.79 Å². The van der Waals surface area contributed by atoms with E-state index in [1.807, 2.05) is 0 Å². The number of anilines is 1. The third-order valence-electron chi connectivity index (χ3n) is 3.31. The Labute approximate surface area is 95.8 Å². The largest absolute Gasteiger partial charge is 0.311 e. The van der Waals surface area contributed by atoms with Crippen molar-refractivity contribution in [3.8, 4) is 0 Å². The Morgan fingerprint density at radius 1 is 1.56 bits per heavy atom. The molecule has 0 aliphatic heterocycles. The fourth-order valence-electron chi connectivity index (χ4n) is 2.35. The predicted molar refractivity (Wildman–Crippen MR) is 63.2 cm³/mol. The lowest BCUT2D eigenvalue weighted by atomic mass is 10.0. The molecule has 0 atom stereocenters. The first-order chi connectivity index (χ1) is 7.79. The Morgan fingerprint density at radius 3 is 3.00 bits per heavy atom. The lowest BCUT2D eigenvalue weighted by molar-refractivity contribution is -0.117. The third-order valence-corrected chi connectivity index (χ3v) is 3.31. The van der Waals surface area contributed by atoms with Gasteiger partial charge in [0.2, 0.25) is 5.91 Å². The quantitative estimate of drug-likeness (QED) is 0.820. The maximum Gasteiger partial charge on any atom is 0.225 e. The summed E-state index contributed by atoms with van der Waals surface area (Å²) >= 11 is 0. The number of carbonyl (C=O) groups excluding carboxylic acids is 1. The number of aryl methyl sites for hydroxylation is 1. The van der Waals surface area contributed by atoms with E-state index in [1.54, 1.807) is 6.20 Å². The molecule has 0 radical (unpaired) electrons. The minimum Gasteiger partial charge on any atom is -0.311 e. The van der Waals surface area contributed by atoms with E-state index < -0.39 is 0 Å². The summed E-state index contributed by atoms with van der Waals surface area (Å²) in [5.74, 6) is 1.48. The number of hydrogen-bond acceptors (Lipinski definition) is 2. The highest BCUT2D eigenvalue weighted by atomic mass is 16.1. The molecule has 16 heavy (non-hydrogen) atoms. The van der Waals surface area contributed by atoms with Gasteiger partial charge in [-0.1, -0.05) is 19.8 Å². The van der Waals surface area contributed by atoms with Gasteiger partial charge in [-0.15, -0.1) is 0 Å². The molecule has 1 amide bonds. The van der Waals surface area contributed by atoms with Crippen LogP contribution < -0.4 is 5.32 Å². The molecule has 1 aliphatic carbocycles. The molecule has 4 heteroatoms. The number of carbonyl (C=O) groups is 1. The highest BCUT2D eigenvalue weighted by Crippen LogP contribution is 2.27. The molecule has 4 nitrogen and oxygen atoms in total. The van der Waals surface area contributed by atoms with Gasteiger partial charge >= 0.3 is 0 Å². The molecule has 0 bridgehead atoms. The van der Waals surface area contributed by atoms with Crippen molar-refractivity contribution in [1.82, 2.24) is 10.2 Å². The van der Waals surface area contributed by atoms with Gasteiger partial charge in [0.1, 0.15) is 5.82 Å². The molecule has 0 spiro atoms. The van der Waals surface area contributed by atoms with Gasteiger partial charge in [-0.3, -0.25) is 9.89 Å². The van der Waals surface area contributed by atoms with Gasteiger partial charge < -0.3 is 5.32 Å². The first-order valence-electron chi connectivity index (χ1n) is 6.11. The van der Waals surface area contributed by atoms with Gasteiger partial charge in [0.15, 0.2) is 0 Å². The molecular formula is C12H19N3O. The van der Waals surface area contributed by atoms with E-state index >= 15 is 0 Å². The second-order valence-electron chi connectivity index (χ2n) is 4.53. The zero-order valence-electron chi connectivity index (χ0n) is 9.75. The van der Waals surface area contributed by atoms with Crippen molar-refractivity contribution >= 4 is 11.7 Å². The number of aromatic nitrogens is 2. The summed E-state index contributed by atoms with van der Waals surface area (Å²) in [7, 11) is 0. The van der Waals surface area contributed by atoms with Gasteiger partial charge in [0.05, 0.1) is 6.20 Å². The van der Waals surface area contributed by atoms with Crippen LogP contribution in [0, 0.1) is 5.92 Å². The topological polar surface area (TPSA) is 57.8 Å². The number of amides is 1. The van der Waals surface area contributed by atoms with Crippen molar-refractivity contribution in [2.45, 2.75) is 45.4 Å². The minimum atomic E-state index is 0.117. The molecule has 0 unspecified atom stereocenters. The zero-order valence-corrected chi connectivity index (χ0v) is 9.75. The molecule has 0 aromatic carbocycles. The van der Waals surface area contributed by atoms with Crippen LogP contribution in [-0.2, 0) is 11.2 Å². The molecule has 1 aromatic rings. The maximum atomic E-state index is 11.8. The number of aromatic amines is 1. The van der Waals surface area contributed by atoms with Crippen LogP contribution in [-0.4, -0.2) is 16.1 Å². The SMILES string of the molecule is CCc1cn[nH]c1NC(=O)CC1CCCC1. The monoisotopic (exact) mass is 221 g/mol. The fraction of sp³-hybridized carbons (Fsp3) is 0.667. The highest BCUT2D eigenvalue weighted by Gasteiger charge is 2.19. The van der Waals surface area contributed by atoms with E-state index in [0.717, 1.165) is 17.8 Å². The number of rotatable bonds is 4. The molecule has 88 valence electrons. The summed E-state index contributed by atoms with van der Waals surface area (Å²) < 4.78 is 0. The van der Waals surface area contributed by atoms with Gasteiger partial charge in [-0.25, -0.2) is 0 Å². The maximum absolute atomic E-state index is 11.8. The summed E-state index contributed by atoms with van der Waals surface area (Å²) in [5, 5.41) is 9.68. The standard InChI is InChI=1S/C12H19N3O/c1-2-10-8-13-15-12(10)14-11(16)7-9-5-3-4-6-9/h8-9H,2-7H2,1H3,(H2,13,14,15,16). The van der Waals surface area contributed by atoms with Crippen molar-refractivity contribution in [2.75, 3.05) is 5.32 Å². The summed E-state index contributed by atoms with van der Waals surface area (Å²) in [4.78, 5) is 11.8. The molecule has 0 saturated heterocycles. The second kappa shape index (κ2) is 5.14. The van der Waals surface area contributed by atoms with E-state index in [-0.39, 0.29) is 5.91 Å². The molecule has 1 aromatic heterocycles. The van der Waals surface area contributed by atoms with Crippen molar-refractivity contribution in [3.63, 3.8) is 0 Å². The smallest absolute Gasteiger partial charge is 0.225 e. The number of nitrogens with zero attached hydrogens (tertiary/aromatic N) is 1. The first-order valence-corrected chi connectivity index (χ1v) is 6.11. The van der Waals surface area contributed by atoms with Crippen molar-refractivity contribution in [1.29, 1.82) is 0 Å². The van der Waals surface area contributed by atoms with Crippen LogP contribution in [0.1, 0.15) is 44.6 Å². The zero-order chi connectivity index (χ0) is 11.4. The third kappa shape index (κ3) is 2.62. The van der Waals surface area contributed by atoms with Crippen LogP contribution in [0.5, 0.6) is 0 Å². The Kier molecular flexibility index (Phi) is 3.59. The van der Waals surface area contributed by atoms with Gasteiger partial charge in [-0.2, -0.15) is 5.10 Å². The number of hydrogen-bond donors (Lipinski definition) is 2. The summed E-state index contributed by atoms with van der Waals surface area (Å²) in [5.41, 5.74) is 1.07. The van der Waals surface area contributed by atoms with E-state index in [0.29, 0.717) is 12.3 Å². The molecule has 2 N–H and O–H groups in total. The van der Waals surface area contributed by atoms with Crippen LogP contribution in [0.25, 0.3) is 0 Å². The predicted octanol–water partition coefficient (Wildman–Crippen LogP) is 2.49. The van der Waals surface area contributed by atoms with Crippen molar-refractivity contribution in [3.05, 3.63) is 11.8 Å². The Balaban J connectivity index is 1.86. The molecule has 1 saturated carbocycles. The average Bonchev–Trinajstić information content (AvgIpc) is 2.88. The van der Waals surface area contributed by atoms with E-state index in [1.165, 1.54) is 25.7 Å². The van der Waals surface area contributed by atoms with Gasteiger partial charge in [0.25, 0.3) is 0 Å². The van der Waals surface area contributed by atoms with Crippen LogP contribution in [0.3, 0.4) is 0 Å². The Bertz CT molecular complexity index is 353.